The van der Waals surface area contributed by atoms with Gasteiger partial charge in [0.15, 0.2) is 0 Å². The van der Waals surface area contributed by atoms with Crippen LogP contribution in [0.25, 0.3) is 22.3 Å². The monoisotopic (exact) mass is 477 g/mol. The molecule has 0 N–H and O–H groups in total. The van der Waals surface area contributed by atoms with Gasteiger partial charge in [-0.05, 0) is 52.6 Å². The first-order valence-electron chi connectivity index (χ1n) is 10.9. The second-order valence-electron chi connectivity index (χ2n) is 7.92. The molecule has 1 nitrogen and oxygen atoms in total. The van der Waals surface area contributed by atoms with E-state index in [1.54, 1.807) is 0 Å². The number of anilines is 2. The molecule has 156 valence electrons. The van der Waals surface area contributed by atoms with Crippen LogP contribution in [-0.4, -0.2) is 4.83 Å². The van der Waals surface area contributed by atoms with Gasteiger partial charge in [-0.25, -0.2) is 0 Å². The number of allylic oxidation sites excluding steroid dienone is 4. The summed E-state index contributed by atoms with van der Waals surface area (Å²) < 4.78 is 0. The van der Waals surface area contributed by atoms with Gasteiger partial charge in [-0.2, -0.15) is 0 Å². The zero-order valence-corrected chi connectivity index (χ0v) is 19.3. The van der Waals surface area contributed by atoms with Gasteiger partial charge in [-0.1, -0.05) is 113 Å². The van der Waals surface area contributed by atoms with Gasteiger partial charge in [0.2, 0.25) is 0 Å². The van der Waals surface area contributed by atoms with Gasteiger partial charge in [-0.3, -0.25) is 0 Å². The third-order valence-electron chi connectivity index (χ3n) is 5.77. The van der Waals surface area contributed by atoms with E-state index in [9.17, 15) is 0 Å². The summed E-state index contributed by atoms with van der Waals surface area (Å²) in [6, 6.07) is 38.8. The summed E-state index contributed by atoms with van der Waals surface area (Å²) in [6.45, 7) is 0. The third-order valence-corrected chi connectivity index (χ3v) is 6.39. The molecular weight excluding hydrogens is 454 g/mol. The molecule has 0 spiro atoms. The topological polar surface area (TPSA) is 3.24 Å². The van der Waals surface area contributed by atoms with Gasteiger partial charge in [0.25, 0.3) is 0 Å². The number of nitrogens with zero attached hydrogens (tertiary/aromatic N) is 1. The standard InChI is InChI=1S/C30H24BrN/c31-27-12-7-13-30(22-27)32(28-18-14-25(15-19-28)23-8-3-1-4-9-23)29-20-16-26(17-21-29)24-10-5-2-6-11-24/h1-21,27H,22H2. The molecule has 0 aromatic heterocycles. The Hall–Kier alpha value is -3.36. The van der Waals surface area contributed by atoms with Crippen molar-refractivity contribution >= 4 is 27.3 Å². The molecule has 4 aromatic carbocycles. The Bertz CT molecular complexity index is 1140. The van der Waals surface area contributed by atoms with Gasteiger partial charge in [0, 0.05) is 28.3 Å². The lowest BCUT2D eigenvalue weighted by molar-refractivity contribution is 0.941. The van der Waals surface area contributed by atoms with Crippen molar-refractivity contribution < 1.29 is 0 Å². The van der Waals surface area contributed by atoms with E-state index in [2.05, 4.69) is 148 Å². The normalized spacial score (nSPS) is 15.3. The van der Waals surface area contributed by atoms with E-state index < -0.39 is 0 Å². The lowest BCUT2D eigenvalue weighted by atomic mass is 10.0. The Morgan fingerprint density at radius 2 is 1.00 bits per heavy atom. The highest BCUT2D eigenvalue weighted by atomic mass is 79.9. The summed E-state index contributed by atoms with van der Waals surface area (Å²) in [5, 5.41) is 0. The molecule has 0 saturated carbocycles. The molecule has 0 aliphatic heterocycles. The minimum atomic E-state index is 0.345. The van der Waals surface area contributed by atoms with Crippen LogP contribution in [0.2, 0.25) is 0 Å². The van der Waals surface area contributed by atoms with Gasteiger partial charge >= 0.3 is 0 Å². The molecule has 2 heteroatoms. The fraction of sp³-hybridized carbons (Fsp3) is 0.0667. The number of alkyl halides is 1. The number of hydrogen-bond acceptors (Lipinski definition) is 1. The Labute approximate surface area is 198 Å². The minimum Gasteiger partial charge on any atom is -0.314 e. The van der Waals surface area contributed by atoms with E-state index in [4.69, 9.17) is 0 Å². The predicted molar refractivity (Wildman–Crippen MR) is 140 cm³/mol. The molecule has 0 radical (unpaired) electrons. The SMILES string of the molecule is BrC1C=CC=C(N(c2ccc(-c3ccccc3)cc2)c2ccc(-c3ccccc3)cc2)C1. The molecule has 32 heavy (non-hydrogen) atoms. The summed E-state index contributed by atoms with van der Waals surface area (Å²) in [7, 11) is 0. The molecule has 1 unspecified atom stereocenters. The maximum absolute atomic E-state index is 3.77. The van der Waals surface area contributed by atoms with Crippen molar-refractivity contribution in [3.63, 3.8) is 0 Å². The third kappa shape index (κ3) is 4.46. The number of rotatable bonds is 5. The van der Waals surface area contributed by atoms with Gasteiger partial charge in [-0.15, -0.1) is 0 Å². The van der Waals surface area contributed by atoms with Crippen LogP contribution in [0.5, 0.6) is 0 Å². The lowest BCUT2D eigenvalue weighted by Gasteiger charge is -2.30. The highest BCUT2D eigenvalue weighted by Gasteiger charge is 2.19. The van der Waals surface area contributed by atoms with Gasteiger partial charge in [0.1, 0.15) is 0 Å². The second kappa shape index (κ2) is 9.42. The van der Waals surface area contributed by atoms with Crippen LogP contribution in [0.15, 0.2) is 133 Å². The number of hydrogen-bond donors (Lipinski definition) is 0. The zero-order valence-electron chi connectivity index (χ0n) is 17.7. The highest BCUT2D eigenvalue weighted by Crippen LogP contribution is 2.36. The predicted octanol–water partition coefficient (Wildman–Crippen LogP) is 8.77. The van der Waals surface area contributed by atoms with Crippen LogP contribution >= 0.6 is 15.9 Å². The van der Waals surface area contributed by atoms with Crippen molar-refractivity contribution in [3.05, 3.63) is 133 Å². The summed E-state index contributed by atoms with van der Waals surface area (Å²) in [4.78, 5) is 2.71. The first-order valence-corrected chi connectivity index (χ1v) is 11.8. The van der Waals surface area contributed by atoms with Crippen LogP contribution in [0.1, 0.15) is 6.42 Å². The maximum Gasteiger partial charge on any atom is 0.0458 e. The molecule has 4 aromatic rings. The molecule has 1 aliphatic rings. The molecular formula is C30H24BrN. The minimum absolute atomic E-state index is 0.345. The average molecular weight is 478 g/mol. The fourth-order valence-corrected chi connectivity index (χ4v) is 4.64. The number of halogens is 1. The molecule has 0 bridgehead atoms. The highest BCUT2D eigenvalue weighted by molar-refractivity contribution is 9.09. The molecule has 0 amide bonds. The number of benzene rings is 4. The van der Waals surface area contributed by atoms with Crippen LogP contribution in [0.3, 0.4) is 0 Å². The van der Waals surface area contributed by atoms with E-state index in [0.717, 1.165) is 6.42 Å². The zero-order chi connectivity index (χ0) is 21.8. The van der Waals surface area contributed by atoms with Crippen LogP contribution in [0.4, 0.5) is 11.4 Å². The largest absolute Gasteiger partial charge is 0.314 e. The van der Waals surface area contributed by atoms with Crippen LogP contribution in [0, 0.1) is 0 Å². The van der Waals surface area contributed by atoms with Gasteiger partial charge < -0.3 is 4.90 Å². The Balaban J connectivity index is 1.52. The average Bonchev–Trinajstić information content (AvgIpc) is 2.86. The van der Waals surface area contributed by atoms with E-state index >= 15 is 0 Å². The van der Waals surface area contributed by atoms with Crippen molar-refractivity contribution in [2.24, 2.45) is 0 Å². The smallest absolute Gasteiger partial charge is 0.0458 e. The summed E-state index contributed by atoms with van der Waals surface area (Å²) >= 11 is 3.77. The molecule has 5 rings (SSSR count). The van der Waals surface area contributed by atoms with Gasteiger partial charge in [0.05, 0.1) is 0 Å². The quantitative estimate of drug-likeness (QED) is 0.259. The van der Waals surface area contributed by atoms with Crippen molar-refractivity contribution in [3.8, 4) is 22.3 Å². The van der Waals surface area contributed by atoms with Crippen molar-refractivity contribution in [2.45, 2.75) is 11.2 Å². The van der Waals surface area contributed by atoms with Crippen molar-refractivity contribution in [2.75, 3.05) is 4.90 Å². The fourth-order valence-electron chi connectivity index (χ4n) is 4.14. The first kappa shape index (κ1) is 20.5. The summed E-state index contributed by atoms with van der Waals surface area (Å²) in [6.07, 6.45) is 7.49. The second-order valence-corrected chi connectivity index (χ2v) is 9.10. The van der Waals surface area contributed by atoms with Crippen molar-refractivity contribution in [1.29, 1.82) is 0 Å². The van der Waals surface area contributed by atoms with E-state index in [1.807, 2.05) is 0 Å². The Kier molecular flexibility index (Phi) is 6.04. The molecule has 1 atom stereocenters. The molecule has 0 saturated heterocycles. The molecule has 0 heterocycles. The Morgan fingerprint density at radius 3 is 1.44 bits per heavy atom. The maximum atomic E-state index is 3.77. The molecule has 1 aliphatic carbocycles. The summed E-state index contributed by atoms with van der Waals surface area (Å²) in [5.41, 5.74) is 8.52. The van der Waals surface area contributed by atoms with E-state index in [-0.39, 0.29) is 0 Å². The van der Waals surface area contributed by atoms with Crippen molar-refractivity contribution in [1.82, 2.24) is 0 Å². The molecule has 0 fully saturated rings. The van der Waals surface area contributed by atoms with E-state index in [0.29, 0.717) is 4.83 Å². The Morgan fingerprint density at radius 1 is 0.562 bits per heavy atom. The summed E-state index contributed by atoms with van der Waals surface area (Å²) in [5.74, 6) is 0. The van der Waals surface area contributed by atoms with E-state index in [1.165, 1.54) is 39.3 Å². The first-order chi connectivity index (χ1) is 15.8. The van der Waals surface area contributed by atoms with Crippen LogP contribution in [-0.2, 0) is 0 Å². The van der Waals surface area contributed by atoms with Crippen LogP contribution < -0.4 is 4.90 Å². The lowest BCUT2D eigenvalue weighted by Crippen LogP contribution is -2.20.